The summed E-state index contributed by atoms with van der Waals surface area (Å²) in [7, 11) is 0. The van der Waals surface area contributed by atoms with Crippen LogP contribution in [0.5, 0.6) is 0 Å². The summed E-state index contributed by atoms with van der Waals surface area (Å²) in [6.07, 6.45) is 2.34. The van der Waals surface area contributed by atoms with Crippen molar-refractivity contribution >= 4 is 35.7 Å². The number of halogens is 1. The molecule has 0 bridgehead atoms. The molecule has 0 fully saturated rings. The van der Waals surface area contributed by atoms with E-state index in [2.05, 4.69) is 20.9 Å². The summed E-state index contributed by atoms with van der Waals surface area (Å²) in [4.78, 5) is 27.7. The maximum atomic E-state index is 11.8. The number of carbonyl (C=O) groups is 2. The zero-order valence-electron chi connectivity index (χ0n) is 14.7. The third-order valence-corrected chi connectivity index (χ3v) is 3.50. The number of hydrogen-bond acceptors (Lipinski definition) is 5. The van der Waals surface area contributed by atoms with Crippen LogP contribution in [0.2, 0.25) is 0 Å². The Kier molecular flexibility index (Phi) is 9.32. The molecule has 9 heteroatoms. The molecule has 2 aromatic rings. The molecule has 2 rings (SSSR count). The molecule has 6 N–H and O–H groups in total. The average molecular weight is 391 g/mol. The standard InChI is InChI=1S/C18H22N6O2.ClH/c19-18(20)13-4-3-6-15(10-13)23-11-17(26)24-12-16(25)22-9-7-14-5-1-2-8-21-14;/h1-6,8,10,23H,7,9,11-12H2,(H3,19,20)(H,22,25)(H,24,26);1H. The van der Waals surface area contributed by atoms with E-state index in [1.807, 2.05) is 18.2 Å². The summed E-state index contributed by atoms with van der Waals surface area (Å²) < 4.78 is 0. The quantitative estimate of drug-likeness (QED) is 0.317. The molecule has 2 amide bonds. The Labute approximate surface area is 163 Å². The number of nitrogens with two attached hydrogens (primary N) is 1. The van der Waals surface area contributed by atoms with Gasteiger partial charge >= 0.3 is 0 Å². The minimum absolute atomic E-state index is 0. The zero-order chi connectivity index (χ0) is 18.8. The highest BCUT2D eigenvalue weighted by atomic mass is 35.5. The van der Waals surface area contributed by atoms with Crippen molar-refractivity contribution in [3.8, 4) is 0 Å². The number of aromatic nitrogens is 1. The van der Waals surface area contributed by atoms with Crippen LogP contribution in [0.3, 0.4) is 0 Å². The fourth-order valence-electron chi connectivity index (χ4n) is 2.16. The number of rotatable bonds is 9. The first-order valence-electron chi connectivity index (χ1n) is 8.16. The highest BCUT2D eigenvalue weighted by Gasteiger charge is 2.06. The third kappa shape index (κ3) is 8.19. The normalized spacial score (nSPS) is 9.63. The molecule has 0 aliphatic rings. The molecule has 1 aromatic heterocycles. The van der Waals surface area contributed by atoms with Gasteiger partial charge in [-0.15, -0.1) is 12.4 Å². The Hall–Kier alpha value is -3.13. The van der Waals surface area contributed by atoms with Crippen LogP contribution < -0.4 is 21.7 Å². The molecule has 0 atom stereocenters. The smallest absolute Gasteiger partial charge is 0.239 e. The number of carbonyl (C=O) groups excluding carboxylic acids is 2. The summed E-state index contributed by atoms with van der Waals surface area (Å²) in [6.45, 7) is 0.389. The Morgan fingerprint density at radius 2 is 1.81 bits per heavy atom. The van der Waals surface area contributed by atoms with Crippen LogP contribution in [0.15, 0.2) is 48.7 Å². The first kappa shape index (κ1) is 21.9. The lowest BCUT2D eigenvalue weighted by atomic mass is 10.2. The molecule has 0 aliphatic carbocycles. The van der Waals surface area contributed by atoms with Gasteiger partial charge in [-0.2, -0.15) is 0 Å². The van der Waals surface area contributed by atoms with Gasteiger partial charge in [0.25, 0.3) is 0 Å². The predicted molar refractivity (Wildman–Crippen MR) is 107 cm³/mol. The molecule has 1 heterocycles. The van der Waals surface area contributed by atoms with Crippen molar-refractivity contribution in [2.75, 3.05) is 25.0 Å². The minimum atomic E-state index is -0.307. The number of amides is 2. The van der Waals surface area contributed by atoms with Gasteiger partial charge in [0, 0.05) is 36.1 Å². The van der Waals surface area contributed by atoms with Gasteiger partial charge in [0.15, 0.2) is 0 Å². The van der Waals surface area contributed by atoms with E-state index in [1.165, 1.54) is 0 Å². The lowest BCUT2D eigenvalue weighted by Gasteiger charge is -2.09. The van der Waals surface area contributed by atoms with Crippen molar-refractivity contribution in [1.29, 1.82) is 5.41 Å². The van der Waals surface area contributed by atoms with Crippen LogP contribution in [-0.2, 0) is 16.0 Å². The summed E-state index contributed by atoms with van der Waals surface area (Å²) >= 11 is 0. The third-order valence-electron chi connectivity index (χ3n) is 3.50. The number of nitrogens with one attached hydrogen (secondary N) is 4. The van der Waals surface area contributed by atoms with Crippen molar-refractivity contribution < 1.29 is 9.59 Å². The Morgan fingerprint density at radius 3 is 2.52 bits per heavy atom. The minimum Gasteiger partial charge on any atom is -0.384 e. The van der Waals surface area contributed by atoms with Gasteiger partial charge in [0.2, 0.25) is 11.8 Å². The van der Waals surface area contributed by atoms with Crippen molar-refractivity contribution in [1.82, 2.24) is 15.6 Å². The van der Waals surface area contributed by atoms with E-state index < -0.39 is 0 Å². The van der Waals surface area contributed by atoms with Gasteiger partial charge < -0.3 is 21.7 Å². The lowest BCUT2D eigenvalue weighted by molar-refractivity contribution is -0.125. The fourth-order valence-corrected chi connectivity index (χ4v) is 2.16. The number of hydrogen-bond donors (Lipinski definition) is 5. The molecule has 144 valence electrons. The molecule has 0 radical (unpaired) electrons. The van der Waals surface area contributed by atoms with Crippen molar-refractivity contribution in [2.24, 2.45) is 5.73 Å². The number of nitrogens with zero attached hydrogens (tertiary/aromatic N) is 1. The summed E-state index contributed by atoms with van der Waals surface area (Å²) in [5, 5.41) is 15.6. The molecule has 0 unspecified atom stereocenters. The monoisotopic (exact) mass is 390 g/mol. The number of anilines is 1. The first-order chi connectivity index (χ1) is 12.5. The van der Waals surface area contributed by atoms with Crippen molar-refractivity contribution in [2.45, 2.75) is 6.42 Å². The van der Waals surface area contributed by atoms with Crippen LogP contribution in [0.4, 0.5) is 5.69 Å². The maximum Gasteiger partial charge on any atom is 0.239 e. The Balaban J connectivity index is 0.00000364. The second-order valence-corrected chi connectivity index (χ2v) is 5.55. The van der Waals surface area contributed by atoms with E-state index in [4.69, 9.17) is 11.1 Å². The van der Waals surface area contributed by atoms with E-state index >= 15 is 0 Å². The van der Waals surface area contributed by atoms with E-state index in [0.717, 1.165) is 5.69 Å². The molecule has 1 aromatic carbocycles. The molecule has 0 saturated carbocycles. The molecular weight excluding hydrogens is 368 g/mol. The molecular formula is C18H23ClN6O2. The molecule has 27 heavy (non-hydrogen) atoms. The van der Waals surface area contributed by atoms with E-state index in [9.17, 15) is 9.59 Å². The van der Waals surface area contributed by atoms with Gasteiger partial charge in [-0.05, 0) is 24.3 Å². The average Bonchev–Trinajstić information content (AvgIpc) is 2.66. The van der Waals surface area contributed by atoms with Gasteiger partial charge in [-0.25, -0.2) is 0 Å². The first-order valence-corrected chi connectivity index (χ1v) is 8.16. The summed E-state index contributed by atoms with van der Waals surface area (Å²) in [5.74, 6) is -0.605. The number of nitrogen functional groups attached to an aromatic ring is 1. The van der Waals surface area contributed by atoms with Gasteiger partial charge in [0.1, 0.15) is 5.84 Å². The van der Waals surface area contributed by atoms with Crippen LogP contribution in [-0.4, -0.2) is 42.3 Å². The van der Waals surface area contributed by atoms with Crippen molar-refractivity contribution in [3.63, 3.8) is 0 Å². The van der Waals surface area contributed by atoms with Crippen molar-refractivity contribution in [3.05, 3.63) is 59.9 Å². The highest BCUT2D eigenvalue weighted by molar-refractivity contribution is 5.96. The van der Waals surface area contributed by atoms with Crippen LogP contribution in [0.1, 0.15) is 11.3 Å². The van der Waals surface area contributed by atoms with Crippen LogP contribution >= 0.6 is 12.4 Å². The van der Waals surface area contributed by atoms with Crippen LogP contribution in [0, 0.1) is 5.41 Å². The molecule has 0 saturated heterocycles. The second-order valence-electron chi connectivity index (χ2n) is 5.55. The molecule has 8 nitrogen and oxygen atoms in total. The molecule has 0 spiro atoms. The van der Waals surface area contributed by atoms with E-state index in [1.54, 1.807) is 30.5 Å². The van der Waals surface area contributed by atoms with Gasteiger partial charge in [-0.1, -0.05) is 18.2 Å². The Morgan fingerprint density at radius 1 is 1.04 bits per heavy atom. The van der Waals surface area contributed by atoms with Gasteiger partial charge in [0.05, 0.1) is 13.1 Å². The maximum absolute atomic E-state index is 11.8. The second kappa shape index (κ2) is 11.5. The highest BCUT2D eigenvalue weighted by Crippen LogP contribution is 2.09. The predicted octanol–water partition coefficient (Wildman–Crippen LogP) is 0.674. The van der Waals surface area contributed by atoms with E-state index in [-0.39, 0.29) is 43.1 Å². The molecule has 0 aliphatic heterocycles. The number of amidine groups is 1. The SMILES string of the molecule is Cl.N=C(N)c1cccc(NCC(=O)NCC(=O)NCCc2ccccn2)c1. The number of benzene rings is 1. The van der Waals surface area contributed by atoms with Gasteiger partial charge in [-0.3, -0.25) is 20.0 Å². The summed E-state index contributed by atoms with van der Waals surface area (Å²) in [6, 6.07) is 12.5. The van der Waals surface area contributed by atoms with Crippen LogP contribution in [0.25, 0.3) is 0 Å². The largest absolute Gasteiger partial charge is 0.384 e. The summed E-state index contributed by atoms with van der Waals surface area (Å²) in [5.41, 5.74) is 7.57. The number of pyridine rings is 1. The zero-order valence-corrected chi connectivity index (χ0v) is 15.5. The Bertz CT molecular complexity index is 769. The van der Waals surface area contributed by atoms with E-state index in [0.29, 0.717) is 24.2 Å². The fraction of sp³-hybridized carbons (Fsp3) is 0.222. The lowest BCUT2D eigenvalue weighted by Crippen LogP contribution is -2.39. The topological polar surface area (TPSA) is 133 Å².